The summed E-state index contributed by atoms with van der Waals surface area (Å²) in [4.78, 5) is 11.6. The molecule has 0 spiro atoms. The second-order valence-corrected chi connectivity index (χ2v) is 4.12. The van der Waals surface area contributed by atoms with Crippen LogP contribution in [-0.4, -0.2) is 21.6 Å². The number of aryl methyl sites for hydroxylation is 1. The number of nitrogens with two attached hydrogens (primary N) is 1. The number of halogens is 1. The highest BCUT2D eigenvalue weighted by molar-refractivity contribution is 5.35. The van der Waals surface area contributed by atoms with Crippen molar-refractivity contribution in [2.75, 3.05) is 12.3 Å². The van der Waals surface area contributed by atoms with Gasteiger partial charge < -0.3 is 15.2 Å². The summed E-state index contributed by atoms with van der Waals surface area (Å²) in [5, 5.41) is 0. The molecule has 0 fully saturated rings. The molecular formula is C13H15FN4O2. The molecule has 0 saturated heterocycles. The van der Waals surface area contributed by atoms with E-state index in [1.54, 1.807) is 13.0 Å². The molecular weight excluding hydrogens is 263 g/mol. The van der Waals surface area contributed by atoms with E-state index in [1.807, 2.05) is 6.92 Å². The maximum atomic E-state index is 13.2. The number of hydrogen-bond donors (Lipinski definition) is 1. The Morgan fingerprint density at radius 3 is 2.70 bits per heavy atom. The topological polar surface area (TPSA) is 83.2 Å². The highest BCUT2D eigenvalue weighted by atomic mass is 19.1. The Morgan fingerprint density at radius 1 is 1.20 bits per heavy atom. The van der Waals surface area contributed by atoms with Gasteiger partial charge in [0, 0.05) is 6.07 Å². The number of anilines is 1. The third-order valence-corrected chi connectivity index (χ3v) is 2.40. The molecule has 6 nitrogen and oxygen atoms in total. The molecule has 0 saturated carbocycles. The molecule has 0 aliphatic heterocycles. The molecule has 0 aliphatic carbocycles. The van der Waals surface area contributed by atoms with Crippen molar-refractivity contribution < 1.29 is 13.9 Å². The zero-order chi connectivity index (χ0) is 14.5. The van der Waals surface area contributed by atoms with Gasteiger partial charge in [-0.1, -0.05) is 13.0 Å². The molecule has 0 radical (unpaired) electrons. The summed E-state index contributed by atoms with van der Waals surface area (Å²) in [5.74, 6) is -0.109. The van der Waals surface area contributed by atoms with Crippen LogP contribution in [0.4, 0.5) is 10.3 Å². The van der Waals surface area contributed by atoms with E-state index in [0.29, 0.717) is 12.4 Å². The Kier molecular flexibility index (Phi) is 4.29. The SMILES string of the molecule is CCCOc1nc(N)nc(Oc2cc(F)ccc2C)n1. The van der Waals surface area contributed by atoms with Gasteiger partial charge in [0.15, 0.2) is 0 Å². The van der Waals surface area contributed by atoms with Crippen molar-refractivity contribution in [3.8, 4) is 17.8 Å². The average Bonchev–Trinajstić information content (AvgIpc) is 2.40. The molecule has 0 unspecified atom stereocenters. The fraction of sp³-hybridized carbons (Fsp3) is 0.308. The van der Waals surface area contributed by atoms with Crippen molar-refractivity contribution in [3.05, 3.63) is 29.6 Å². The van der Waals surface area contributed by atoms with Gasteiger partial charge in [-0.25, -0.2) is 4.39 Å². The second kappa shape index (κ2) is 6.14. The van der Waals surface area contributed by atoms with Crippen LogP contribution in [0, 0.1) is 12.7 Å². The van der Waals surface area contributed by atoms with Crippen molar-refractivity contribution in [2.45, 2.75) is 20.3 Å². The standard InChI is InChI=1S/C13H15FN4O2/c1-3-6-19-12-16-11(15)17-13(18-12)20-10-7-9(14)5-4-8(10)2/h4-5,7H,3,6H2,1-2H3,(H2,15,16,17,18). The summed E-state index contributed by atoms with van der Waals surface area (Å²) < 4.78 is 23.9. The summed E-state index contributed by atoms with van der Waals surface area (Å²) in [6, 6.07) is 4.26. The minimum absolute atomic E-state index is 0.0184. The fourth-order valence-electron chi connectivity index (χ4n) is 1.44. The lowest BCUT2D eigenvalue weighted by Crippen LogP contribution is -2.06. The van der Waals surface area contributed by atoms with Crippen LogP contribution in [0.1, 0.15) is 18.9 Å². The van der Waals surface area contributed by atoms with E-state index in [0.717, 1.165) is 12.0 Å². The van der Waals surface area contributed by atoms with Gasteiger partial charge in [0.1, 0.15) is 11.6 Å². The van der Waals surface area contributed by atoms with E-state index >= 15 is 0 Å². The number of aromatic nitrogens is 3. The molecule has 7 heteroatoms. The predicted octanol–water partition coefficient (Wildman–Crippen LogP) is 2.48. The summed E-state index contributed by atoms with van der Waals surface area (Å²) in [6.07, 6.45) is 0.810. The molecule has 1 heterocycles. The van der Waals surface area contributed by atoms with Crippen LogP contribution in [0.3, 0.4) is 0 Å². The molecule has 0 amide bonds. The van der Waals surface area contributed by atoms with E-state index in [1.165, 1.54) is 12.1 Å². The Balaban J connectivity index is 2.24. The first-order valence-corrected chi connectivity index (χ1v) is 6.17. The largest absolute Gasteiger partial charge is 0.463 e. The predicted molar refractivity (Wildman–Crippen MR) is 71.2 cm³/mol. The van der Waals surface area contributed by atoms with Crippen LogP contribution in [0.15, 0.2) is 18.2 Å². The summed E-state index contributed by atoms with van der Waals surface area (Å²) in [5.41, 5.74) is 6.31. The van der Waals surface area contributed by atoms with Gasteiger partial charge in [-0.3, -0.25) is 0 Å². The number of hydrogen-bond acceptors (Lipinski definition) is 6. The van der Waals surface area contributed by atoms with Crippen molar-refractivity contribution in [1.29, 1.82) is 0 Å². The van der Waals surface area contributed by atoms with Crippen molar-refractivity contribution in [1.82, 2.24) is 15.0 Å². The zero-order valence-corrected chi connectivity index (χ0v) is 11.3. The Morgan fingerprint density at radius 2 is 1.95 bits per heavy atom. The van der Waals surface area contributed by atoms with Gasteiger partial charge in [-0.15, -0.1) is 4.98 Å². The van der Waals surface area contributed by atoms with Crippen LogP contribution in [-0.2, 0) is 0 Å². The normalized spacial score (nSPS) is 10.3. The van der Waals surface area contributed by atoms with E-state index in [2.05, 4.69) is 15.0 Å². The molecule has 20 heavy (non-hydrogen) atoms. The van der Waals surface area contributed by atoms with Crippen LogP contribution >= 0.6 is 0 Å². The monoisotopic (exact) mass is 278 g/mol. The zero-order valence-electron chi connectivity index (χ0n) is 11.3. The Labute approximate surface area is 115 Å². The van der Waals surface area contributed by atoms with Crippen molar-refractivity contribution in [3.63, 3.8) is 0 Å². The van der Waals surface area contributed by atoms with E-state index in [4.69, 9.17) is 15.2 Å². The molecule has 106 valence electrons. The molecule has 0 aliphatic rings. The van der Waals surface area contributed by atoms with Crippen LogP contribution in [0.2, 0.25) is 0 Å². The van der Waals surface area contributed by atoms with Gasteiger partial charge in [0.05, 0.1) is 6.61 Å². The first-order chi connectivity index (χ1) is 9.58. The third kappa shape index (κ3) is 3.53. The van der Waals surface area contributed by atoms with Gasteiger partial charge in [0.2, 0.25) is 5.95 Å². The van der Waals surface area contributed by atoms with E-state index in [9.17, 15) is 4.39 Å². The van der Waals surface area contributed by atoms with Gasteiger partial charge >= 0.3 is 12.0 Å². The first kappa shape index (κ1) is 14.0. The van der Waals surface area contributed by atoms with Crippen LogP contribution in [0.25, 0.3) is 0 Å². The van der Waals surface area contributed by atoms with Crippen LogP contribution in [0.5, 0.6) is 17.8 Å². The maximum Gasteiger partial charge on any atom is 0.330 e. The second-order valence-electron chi connectivity index (χ2n) is 4.12. The number of nitrogens with zero attached hydrogens (tertiary/aromatic N) is 3. The van der Waals surface area contributed by atoms with Crippen molar-refractivity contribution in [2.24, 2.45) is 0 Å². The highest BCUT2D eigenvalue weighted by Gasteiger charge is 2.10. The summed E-state index contributed by atoms with van der Waals surface area (Å²) in [7, 11) is 0. The average molecular weight is 278 g/mol. The Hall–Kier alpha value is -2.44. The van der Waals surface area contributed by atoms with Crippen molar-refractivity contribution >= 4 is 5.95 Å². The third-order valence-electron chi connectivity index (χ3n) is 2.40. The number of benzene rings is 1. The van der Waals surface area contributed by atoms with Gasteiger partial charge in [-0.2, -0.15) is 9.97 Å². The lowest BCUT2D eigenvalue weighted by Gasteiger charge is -2.08. The van der Waals surface area contributed by atoms with Gasteiger partial charge in [-0.05, 0) is 25.0 Å². The number of ether oxygens (including phenoxy) is 2. The van der Waals surface area contributed by atoms with E-state index in [-0.39, 0.29) is 18.0 Å². The summed E-state index contributed by atoms with van der Waals surface area (Å²) >= 11 is 0. The smallest absolute Gasteiger partial charge is 0.330 e. The highest BCUT2D eigenvalue weighted by Crippen LogP contribution is 2.24. The lowest BCUT2D eigenvalue weighted by atomic mass is 10.2. The molecule has 2 N–H and O–H groups in total. The molecule has 0 bridgehead atoms. The number of nitrogen functional groups attached to an aromatic ring is 1. The molecule has 2 rings (SSSR count). The number of rotatable bonds is 5. The minimum atomic E-state index is -0.407. The summed E-state index contributed by atoms with van der Waals surface area (Å²) in [6.45, 7) is 4.20. The molecule has 1 aromatic heterocycles. The lowest BCUT2D eigenvalue weighted by molar-refractivity contribution is 0.285. The molecule has 1 aromatic carbocycles. The minimum Gasteiger partial charge on any atom is -0.463 e. The Bertz CT molecular complexity index is 607. The maximum absolute atomic E-state index is 13.2. The molecule has 0 atom stereocenters. The van der Waals surface area contributed by atoms with Gasteiger partial charge in [0.25, 0.3) is 0 Å². The first-order valence-electron chi connectivity index (χ1n) is 6.17. The molecule has 2 aromatic rings. The van der Waals surface area contributed by atoms with E-state index < -0.39 is 5.82 Å². The fourth-order valence-corrected chi connectivity index (χ4v) is 1.44. The van der Waals surface area contributed by atoms with Crippen LogP contribution < -0.4 is 15.2 Å². The quantitative estimate of drug-likeness (QED) is 0.904.